The van der Waals surface area contributed by atoms with Crippen LogP contribution in [0.5, 0.6) is 11.5 Å². The average molecular weight is 264 g/mol. The fraction of sp³-hybridized carbons (Fsp3) is 0.500. The first-order valence-corrected chi connectivity index (χ1v) is 6.32. The van der Waals surface area contributed by atoms with E-state index in [1.54, 1.807) is 20.3 Å². The molecular weight excluding hydrogens is 244 g/mol. The van der Waals surface area contributed by atoms with Gasteiger partial charge in [0.25, 0.3) is 0 Å². The van der Waals surface area contributed by atoms with Gasteiger partial charge in [0, 0.05) is 11.6 Å². The summed E-state index contributed by atoms with van der Waals surface area (Å²) in [4.78, 5) is 11.9. The summed E-state index contributed by atoms with van der Waals surface area (Å²) >= 11 is 0. The Kier molecular flexibility index (Phi) is 3.66. The number of methoxy groups -OCH3 is 2. The number of carbonyl (C=O) groups is 1. The van der Waals surface area contributed by atoms with Crippen molar-refractivity contribution in [2.45, 2.75) is 31.3 Å². The first-order valence-electron chi connectivity index (χ1n) is 6.32. The van der Waals surface area contributed by atoms with Gasteiger partial charge in [-0.25, -0.2) is 0 Å². The molecule has 1 aromatic carbocycles. The third kappa shape index (κ3) is 2.81. The lowest BCUT2D eigenvalue weighted by molar-refractivity contribution is -0.123. The van der Waals surface area contributed by atoms with E-state index in [2.05, 4.69) is 5.32 Å². The van der Waals surface area contributed by atoms with Gasteiger partial charge in [-0.05, 0) is 31.9 Å². The molecule has 3 N–H and O–H groups in total. The molecule has 2 rings (SSSR count). The largest absolute Gasteiger partial charge is 0.497 e. The lowest BCUT2D eigenvalue weighted by Gasteiger charge is -2.20. The Morgan fingerprint density at radius 1 is 1.37 bits per heavy atom. The zero-order chi connectivity index (χ0) is 14.0. The maximum Gasteiger partial charge on any atom is 0.240 e. The molecule has 1 fully saturated rings. The van der Waals surface area contributed by atoms with Crippen molar-refractivity contribution >= 4 is 5.91 Å². The summed E-state index contributed by atoms with van der Waals surface area (Å²) < 4.78 is 10.5. The van der Waals surface area contributed by atoms with E-state index in [9.17, 15) is 4.79 Å². The van der Waals surface area contributed by atoms with Crippen molar-refractivity contribution in [2.75, 3.05) is 14.2 Å². The van der Waals surface area contributed by atoms with Crippen molar-refractivity contribution < 1.29 is 14.3 Å². The molecule has 0 radical (unpaired) electrons. The quantitative estimate of drug-likeness (QED) is 0.842. The summed E-state index contributed by atoms with van der Waals surface area (Å²) in [5.41, 5.74) is 6.11. The molecule has 1 aliphatic rings. The molecule has 0 heterocycles. The third-order valence-corrected chi connectivity index (χ3v) is 3.50. The van der Waals surface area contributed by atoms with Crippen molar-refractivity contribution in [3.63, 3.8) is 0 Å². The van der Waals surface area contributed by atoms with Gasteiger partial charge in [0.1, 0.15) is 11.5 Å². The van der Waals surface area contributed by atoms with Gasteiger partial charge in [0.05, 0.1) is 25.8 Å². The first-order chi connectivity index (χ1) is 9.00. The van der Waals surface area contributed by atoms with Crippen molar-refractivity contribution in [2.24, 2.45) is 5.73 Å². The van der Waals surface area contributed by atoms with E-state index >= 15 is 0 Å². The molecule has 1 aromatic rings. The molecule has 5 nitrogen and oxygen atoms in total. The van der Waals surface area contributed by atoms with Crippen LogP contribution < -0.4 is 20.5 Å². The number of nitrogens with two attached hydrogens (primary N) is 1. The number of ether oxygens (including phenoxy) is 2. The minimum absolute atomic E-state index is 0.0992. The minimum Gasteiger partial charge on any atom is -0.497 e. The predicted octanol–water partition coefficient (Wildman–Crippen LogP) is 1.37. The molecule has 0 saturated heterocycles. The predicted molar refractivity (Wildman–Crippen MR) is 72.3 cm³/mol. The zero-order valence-electron chi connectivity index (χ0n) is 11.5. The van der Waals surface area contributed by atoms with Gasteiger partial charge < -0.3 is 20.5 Å². The van der Waals surface area contributed by atoms with Crippen LogP contribution in [-0.4, -0.2) is 25.7 Å². The highest BCUT2D eigenvalue weighted by molar-refractivity contribution is 5.89. The van der Waals surface area contributed by atoms with Crippen molar-refractivity contribution in [3.8, 4) is 11.5 Å². The number of rotatable bonds is 5. The standard InChI is InChI=1S/C14H20N2O3/c1-9(16-13(17)14(15)6-7-14)11-5-4-10(18-2)8-12(11)19-3/h4-5,8-9H,6-7,15H2,1-3H3,(H,16,17). The molecule has 0 bridgehead atoms. The van der Waals surface area contributed by atoms with Crippen LogP contribution in [0, 0.1) is 0 Å². The maximum atomic E-state index is 11.9. The van der Waals surface area contributed by atoms with Crippen LogP contribution in [0.15, 0.2) is 18.2 Å². The highest BCUT2D eigenvalue weighted by Gasteiger charge is 2.46. The number of nitrogens with one attached hydrogen (secondary N) is 1. The fourth-order valence-corrected chi connectivity index (χ4v) is 1.96. The number of amides is 1. The zero-order valence-corrected chi connectivity index (χ0v) is 11.5. The number of hydrogen-bond acceptors (Lipinski definition) is 4. The number of benzene rings is 1. The lowest BCUT2D eigenvalue weighted by atomic mass is 10.1. The fourth-order valence-electron chi connectivity index (χ4n) is 1.96. The van der Waals surface area contributed by atoms with E-state index < -0.39 is 5.54 Å². The second kappa shape index (κ2) is 5.09. The summed E-state index contributed by atoms with van der Waals surface area (Å²) in [6.45, 7) is 1.91. The summed E-state index contributed by atoms with van der Waals surface area (Å²) in [5.74, 6) is 1.31. The van der Waals surface area contributed by atoms with E-state index in [4.69, 9.17) is 15.2 Å². The van der Waals surface area contributed by atoms with Gasteiger partial charge in [-0.3, -0.25) is 4.79 Å². The van der Waals surface area contributed by atoms with Crippen LogP contribution >= 0.6 is 0 Å². The Morgan fingerprint density at radius 3 is 2.58 bits per heavy atom. The Bertz CT molecular complexity index is 484. The third-order valence-electron chi connectivity index (χ3n) is 3.50. The van der Waals surface area contributed by atoms with Gasteiger partial charge in [0.2, 0.25) is 5.91 Å². The highest BCUT2D eigenvalue weighted by atomic mass is 16.5. The van der Waals surface area contributed by atoms with E-state index in [1.165, 1.54) is 0 Å². The minimum atomic E-state index is -0.659. The monoisotopic (exact) mass is 264 g/mol. The molecule has 1 atom stereocenters. The van der Waals surface area contributed by atoms with Crippen molar-refractivity contribution in [1.29, 1.82) is 0 Å². The smallest absolute Gasteiger partial charge is 0.240 e. The molecular formula is C14H20N2O3. The van der Waals surface area contributed by atoms with E-state index in [0.717, 1.165) is 24.2 Å². The normalized spacial score (nSPS) is 17.5. The molecule has 0 aliphatic heterocycles. The van der Waals surface area contributed by atoms with Crippen LogP contribution in [0.4, 0.5) is 0 Å². The van der Waals surface area contributed by atoms with Gasteiger partial charge in [0.15, 0.2) is 0 Å². The van der Waals surface area contributed by atoms with Gasteiger partial charge in [-0.1, -0.05) is 0 Å². The molecule has 5 heteroatoms. The maximum absolute atomic E-state index is 11.9. The molecule has 0 aromatic heterocycles. The van der Waals surface area contributed by atoms with E-state index in [1.807, 2.05) is 19.1 Å². The number of hydrogen-bond donors (Lipinski definition) is 2. The first kappa shape index (κ1) is 13.7. The Labute approximate surface area is 113 Å². The van der Waals surface area contributed by atoms with Gasteiger partial charge >= 0.3 is 0 Å². The lowest BCUT2D eigenvalue weighted by Crippen LogP contribution is -2.43. The molecule has 1 aliphatic carbocycles. The van der Waals surface area contributed by atoms with Crippen LogP contribution in [0.2, 0.25) is 0 Å². The molecule has 1 saturated carbocycles. The van der Waals surface area contributed by atoms with Crippen molar-refractivity contribution in [3.05, 3.63) is 23.8 Å². The number of carbonyl (C=O) groups excluding carboxylic acids is 1. The molecule has 19 heavy (non-hydrogen) atoms. The van der Waals surface area contributed by atoms with Gasteiger partial charge in [-0.15, -0.1) is 0 Å². The van der Waals surface area contributed by atoms with Crippen LogP contribution in [-0.2, 0) is 4.79 Å². The van der Waals surface area contributed by atoms with Crippen LogP contribution in [0.25, 0.3) is 0 Å². The second-order valence-corrected chi connectivity index (χ2v) is 4.96. The Hall–Kier alpha value is -1.75. The van der Waals surface area contributed by atoms with E-state index in [-0.39, 0.29) is 11.9 Å². The summed E-state index contributed by atoms with van der Waals surface area (Å²) in [6.07, 6.45) is 1.51. The molecule has 1 amide bonds. The van der Waals surface area contributed by atoms with Gasteiger partial charge in [-0.2, -0.15) is 0 Å². The average Bonchev–Trinajstić information content (AvgIpc) is 3.17. The summed E-state index contributed by atoms with van der Waals surface area (Å²) in [5, 5.41) is 2.93. The van der Waals surface area contributed by atoms with Crippen LogP contribution in [0.1, 0.15) is 31.4 Å². The van der Waals surface area contributed by atoms with Crippen LogP contribution in [0.3, 0.4) is 0 Å². The Balaban J connectivity index is 2.14. The topological polar surface area (TPSA) is 73.6 Å². The molecule has 1 unspecified atom stereocenters. The SMILES string of the molecule is COc1ccc(C(C)NC(=O)C2(N)CC2)c(OC)c1. The second-order valence-electron chi connectivity index (χ2n) is 4.96. The van der Waals surface area contributed by atoms with E-state index in [0.29, 0.717) is 5.75 Å². The van der Waals surface area contributed by atoms with Crippen molar-refractivity contribution in [1.82, 2.24) is 5.32 Å². The Morgan fingerprint density at radius 2 is 2.05 bits per heavy atom. The highest BCUT2D eigenvalue weighted by Crippen LogP contribution is 2.34. The molecule has 104 valence electrons. The summed E-state index contributed by atoms with van der Waals surface area (Å²) in [6, 6.07) is 5.37. The summed E-state index contributed by atoms with van der Waals surface area (Å²) in [7, 11) is 3.20. The molecule has 0 spiro atoms.